The second kappa shape index (κ2) is 5.01. The van der Waals surface area contributed by atoms with Crippen molar-refractivity contribution in [3.05, 3.63) is 36.1 Å². The van der Waals surface area contributed by atoms with E-state index in [1.807, 2.05) is 30.3 Å². The number of rotatable bonds is 2. The highest BCUT2D eigenvalue weighted by Crippen LogP contribution is 2.40. The Morgan fingerprint density at radius 1 is 1.26 bits per heavy atom. The molecule has 0 amide bonds. The van der Waals surface area contributed by atoms with Gasteiger partial charge in [0.25, 0.3) is 0 Å². The standard InChI is InChI=1S/C17H22O2/c1-2-13-6-5-10-17(18,11-9-13)16-12-14-7-3-4-8-15(14)19-16/h3-4,7-8,12-13,18H,2,5-6,9-11H2,1H3. The first-order valence-corrected chi connectivity index (χ1v) is 7.43. The lowest BCUT2D eigenvalue weighted by Gasteiger charge is -2.24. The molecule has 2 unspecified atom stereocenters. The highest BCUT2D eigenvalue weighted by atomic mass is 16.4. The fraction of sp³-hybridized carbons (Fsp3) is 0.529. The number of aliphatic hydroxyl groups is 1. The number of furan rings is 1. The van der Waals surface area contributed by atoms with Crippen LogP contribution in [0.4, 0.5) is 0 Å². The molecule has 0 aliphatic heterocycles. The molecule has 0 saturated heterocycles. The summed E-state index contributed by atoms with van der Waals surface area (Å²) in [7, 11) is 0. The lowest BCUT2D eigenvalue weighted by atomic mass is 9.90. The molecular formula is C17H22O2. The van der Waals surface area contributed by atoms with Crippen LogP contribution in [0.15, 0.2) is 34.7 Å². The van der Waals surface area contributed by atoms with Gasteiger partial charge in [0, 0.05) is 5.39 Å². The van der Waals surface area contributed by atoms with Gasteiger partial charge in [0.05, 0.1) is 0 Å². The van der Waals surface area contributed by atoms with E-state index < -0.39 is 5.60 Å². The zero-order valence-corrected chi connectivity index (χ0v) is 11.6. The molecule has 1 aromatic carbocycles. The van der Waals surface area contributed by atoms with Crippen LogP contribution in [0.5, 0.6) is 0 Å². The topological polar surface area (TPSA) is 33.4 Å². The largest absolute Gasteiger partial charge is 0.458 e. The van der Waals surface area contributed by atoms with Gasteiger partial charge in [-0.05, 0) is 43.7 Å². The third-order valence-electron chi connectivity index (χ3n) is 4.63. The highest BCUT2D eigenvalue weighted by molar-refractivity contribution is 5.77. The molecule has 1 saturated carbocycles. The molecule has 1 aliphatic carbocycles. The second-order valence-corrected chi connectivity index (χ2v) is 5.89. The average molecular weight is 258 g/mol. The smallest absolute Gasteiger partial charge is 0.136 e. The zero-order valence-electron chi connectivity index (χ0n) is 11.6. The normalized spacial score (nSPS) is 28.4. The van der Waals surface area contributed by atoms with Crippen LogP contribution in [0.3, 0.4) is 0 Å². The monoisotopic (exact) mass is 258 g/mol. The van der Waals surface area contributed by atoms with Crippen LogP contribution in [0.2, 0.25) is 0 Å². The highest BCUT2D eigenvalue weighted by Gasteiger charge is 2.35. The molecule has 2 nitrogen and oxygen atoms in total. The van der Waals surface area contributed by atoms with Gasteiger partial charge < -0.3 is 9.52 Å². The van der Waals surface area contributed by atoms with E-state index in [1.54, 1.807) is 0 Å². The summed E-state index contributed by atoms with van der Waals surface area (Å²) in [5.41, 5.74) is 0.116. The molecule has 1 fully saturated rings. The molecule has 0 spiro atoms. The van der Waals surface area contributed by atoms with Crippen molar-refractivity contribution in [3.63, 3.8) is 0 Å². The van der Waals surface area contributed by atoms with Gasteiger partial charge in [-0.2, -0.15) is 0 Å². The molecule has 3 rings (SSSR count). The number of hydrogen-bond acceptors (Lipinski definition) is 2. The van der Waals surface area contributed by atoms with Gasteiger partial charge >= 0.3 is 0 Å². The SMILES string of the molecule is CCC1CCCC(O)(c2cc3ccccc3o2)CC1. The van der Waals surface area contributed by atoms with E-state index in [4.69, 9.17) is 4.42 Å². The molecule has 19 heavy (non-hydrogen) atoms. The summed E-state index contributed by atoms with van der Waals surface area (Å²) in [5.74, 6) is 1.52. The maximum absolute atomic E-state index is 10.9. The average Bonchev–Trinajstić information content (AvgIpc) is 2.78. The van der Waals surface area contributed by atoms with E-state index in [-0.39, 0.29) is 0 Å². The van der Waals surface area contributed by atoms with Crippen molar-refractivity contribution in [2.75, 3.05) is 0 Å². The van der Waals surface area contributed by atoms with Crippen molar-refractivity contribution >= 4 is 11.0 Å². The van der Waals surface area contributed by atoms with Crippen LogP contribution in [-0.2, 0) is 5.60 Å². The van der Waals surface area contributed by atoms with E-state index in [0.29, 0.717) is 0 Å². The first-order chi connectivity index (χ1) is 9.21. The van der Waals surface area contributed by atoms with Crippen LogP contribution in [0.25, 0.3) is 11.0 Å². The van der Waals surface area contributed by atoms with Gasteiger partial charge in [-0.1, -0.05) is 38.0 Å². The second-order valence-electron chi connectivity index (χ2n) is 5.89. The van der Waals surface area contributed by atoms with Gasteiger partial charge in [-0.3, -0.25) is 0 Å². The summed E-state index contributed by atoms with van der Waals surface area (Å²) < 4.78 is 5.88. The quantitative estimate of drug-likeness (QED) is 0.798. The fourth-order valence-corrected chi connectivity index (χ4v) is 3.26. The Balaban J connectivity index is 1.90. The van der Waals surface area contributed by atoms with Gasteiger partial charge in [-0.15, -0.1) is 0 Å². The Kier molecular flexibility index (Phi) is 3.36. The van der Waals surface area contributed by atoms with E-state index in [9.17, 15) is 5.11 Å². The van der Waals surface area contributed by atoms with Crippen molar-refractivity contribution in [1.29, 1.82) is 0 Å². The zero-order chi connectivity index (χ0) is 13.3. The molecule has 1 aromatic heterocycles. The fourth-order valence-electron chi connectivity index (χ4n) is 3.26. The van der Waals surface area contributed by atoms with Gasteiger partial charge in [0.15, 0.2) is 0 Å². The first kappa shape index (κ1) is 12.7. The van der Waals surface area contributed by atoms with Crippen LogP contribution in [0.1, 0.15) is 51.2 Å². The van der Waals surface area contributed by atoms with Crippen molar-refractivity contribution in [1.82, 2.24) is 0 Å². The lowest BCUT2D eigenvalue weighted by molar-refractivity contribution is 0.000157. The van der Waals surface area contributed by atoms with E-state index in [0.717, 1.165) is 48.3 Å². The molecular weight excluding hydrogens is 236 g/mol. The summed E-state index contributed by atoms with van der Waals surface area (Å²) in [4.78, 5) is 0. The Morgan fingerprint density at radius 2 is 2.11 bits per heavy atom. The predicted octanol–water partition coefficient (Wildman–Crippen LogP) is 4.61. The summed E-state index contributed by atoms with van der Waals surface area (Å²) in [6.07, 6.45) is 6.29. The number of para-hydroxylation sites is 1. The summed E-state index contributed by atoms with van der Waals surface area (Å²) >= 11 is 0. The minimum Gasteiger partial charge on any atom is -0.458 e. The maximum atomic E-state index is 10.9. The van der Waals surface area contributed by atoms with Crippen LogP contribution < -0.4 is 0 Å². The molecule has 2 heteroatoms. The summed E-state index contributed by atoms with van der Waals surface area (Å²) in [6.45, 7) is 2.25. The molecule has 2 aromatic rings. The summed E-state index contributed by atoms with van der Waals surface area (Å²) in [5, 5.41) is 12.0. The molecule has 1 aliphatic rings. The van der Waals surface area contributed by atoms with E-state index in [2.05, 4.69) is 6.92 Å². The molecule has 102 valence electrons. The first-order valence-electron chi connectivity index (χ1n) is 7.43. The van der Waals surface area contributed by atoms with Crippen molar-refractivity contribution < 1.29 is 9.52 Å². The van der Waals surface area contributed by atoms with E-state index >= 15 is 0 Å². The predicted molar refractivity (Wildman–Crippen MR) is 77.0 cm³/mol. The third kappa shape index (κ3) is 2.42. The molecule has 2 atom stereocenters. The molecule has 0 bridgehead atoms. The number of benzene rings is 1. The van der Waals surface area contributed by atoms with Crippen LogP contribution in [-0.4, -0.2) is 5.11 Å². The van der Waals surface area contributed by atoms with Crippen LogP contribution in [0, 0.1) is 5.92 Å². The van der Waals surface area contributed by atoms with Gasteiger partial charge in [0.2, 0.25) is 0 Å². The van der Waals surface area contributed by atoms with Crippen molar-refractivity contribution in [2.45, 2.75) is 51.0 Å². The van der Waals surface area contributed by atoms with Crippen LogP contribution >= 0.6 is 0 Å². The van der Waals surface area contributed by atoms with E-state index in [1.165, 1.54) is 12.8 Å². The lowest BCUT2D eigenvalue weighted by Crippen LogP contribution is -2.24. The maximum Gasteiger partial charge on any atom is 0.136 e. The number of fused-ring (bicyclic) bond motifs is 1. The summed E-state index contributed by atoms with van der Waals surface area (Å²) in [6, 6.07) is 10.00. The van der Waals surface area contributed by atoms with Gasteiger partial charge in [0.1, 0.15) is 16.9 Å². The van der Waals surface area contributed by atoms with Crippen molar-refractivity contribution in [2.24, 2.45) is 5.92 Å². The Morgan fingerprint density at radius 3 is 2.89 bits per heavy atom. The third-order valence-corrected chi connectivity index (χ3v) is 4.63. The minimum absolute atomic E-state index is 0.755. The molecule has 1 N–H and O–H groups in total. The minimum atomic E-state index is -0.761. The van der Waals surface area contributed by atoms with Crippen molar-refractivity contribution in [3.8, 4) is 0 Å². The Labute approximate surface area is 114 Å². The Bertz CT molecular complexity index is 524. The Hall–Kier alpha value is -1.28. The molecule has 0 radical (unpaired) electrons. The number of hydrogen-bond donors (Lipinski definition) is 1. The van der Waals surface area contributed by atoms with Gasteiger partial charge in [-0.25, -0.2) is 0 Å². The molecule has 1 heterocycles.